The average molecular weight is 478 g/mol. The minimum Gasteiger partial charge on any atom is -0.352 e. The fourth-order valence-electron chi connectivity index (χ4n) is 3.81. The number of hydrogen-bond donors (Lipinski definition) is 2. The molecule has 0 aliphatic rings. The number of nitrogens with zero attached hydrogens (tertiary/aromatic N) is 5. The highest BCUT2D eigenvalue weighted by Crippen LogP contribution is 2.30. The molecule has 0 unspecified atom stereocenters. The van der Waals surface area contributed by atoms with Crippen LogP contribution in [0, 0.1) is 0 Å². The summed E-state index contributed by atoms with van der Waals surface area (Å²) in [7, 11) is -3.30. The molecule has 0 amide bonds. The van der Waals surface area contributed by atoms with E-state index in [1.165, 1.54) is 0 Å². The molecule has 0 fully saturated rings. The average Bonchev–Trinajstić information content (AvgIpc) is 3.38. The van der Waals surface area contributed by atoms with Crippen molar-refractivity contribution in [2.75, 3.05) is 17.7 Å². The van der Waals surface area contributed by atoms with Crippen molar-refractivity contribution in [3.8, 4) is 22.5 Å². The first kappa shape index (κ1) is 23.5. The van der Waals surface area contributed by atoms with Gasteiger partial charge in [-0.05, 0) is 34.4 Å². The summed E-state index contributed by atoms with van der Waals surface area (Å²) in [6.45, 7) is 3.77. The van der Waals surface area contributed by atoms with Gasteiger partial charge in [-0.15, -0.1) is 10.2 Å². The van der Waals surface area contributed by atoms with E-state index in [2.05, 4.69) is 66.4 Å². The van der Waals surface area contributed by atoms with E-state index in [9.17, 15) is 8.42 Å². The zero-order valence-electron chi connectivity index (χ0n) is 19.1. The predicted octanol–water partition coefficient (Wildman–Crippen LogP) is 3.39. The normalized spacial score (nSPS) is 11.5. The van der Waals surface area contributed by atoms with Gasteiger partial charge in [0.25, 0.3) is 0 Å². The summed E-state index contributed by atoms with van der Waals surface area (Å²) in [5.74, 6) is 1.34. The van der Waals surface area contributed by atoms with Crippen LogP contribution in [0.25, 0.3) is 22.5 Å². The lowest BCUT2D eigenvalue weighted by molar-refractivity contribution is 0.587. The monoisotopic (exact) mass is 477 g/mol. The lowest BCUT2D eigenvalue weighted by atomic mass is 9.98. The van der Waals surface area contributed by atoms with Gasteiger partial charge in [-0.2, -0.15) is 5.21 Å². The Morgan fingerprint density at radius 2 is 1.76 bits per heavy atom. The summed E-state index contributed by atoms with van der Waals surface area (Å²) >= 11 is 0. The van der Waals surface area contributed by atoms with E-state index in [4.69, 9.17) is 0 Å². The Labute approximate surface area is 199 Å². The van der Waals surface area contributed by atoms with Crippen LogP contribution in [0.2, 0.25) is 0 Å². The van der Waals surface area contributed by atoms with Crippen molar-refractivity contribution in [3.63, 3.8) is 0 Å². The molecule has 4 rings (SSSR count). The molecular weight excluding hydrogens is 450 g/mol. The van der Waals surface area contributed by atoms with Gasteiger partial charge in [0.15, 0.2) is 0 Å². The molecule has 0 atom stereocenters. The molecule has 34 heavy (non-hydrogen) atoms. The molecule has 2 heterocycles. The minimum atomic E-state index is -3.30. The molecule has 2 aromatic carbocycles. The Balaban J connectivity index is 1.57. The number of H-pyrrole nitrogens is 1. The van der Waals surface area contributed by atoms with Crippen LogP contribution in [0.15, 0.2) is 66.9 Å². The molecule has 0 radical (unpaired) electrons. The topological polar surface area (TPSA) is 117 Å². The van der Waals surface area contributed by atoms with Gasteiger partial charge < -0.3 is 4.90 Å². The first-order valence-electron chi connectivity index (χ1n) is 11.0. The summed E-state index contributed by atoms with van der Waals surface area (Å²) in [6, 6.07) is 20.1. The molecule has 2 N–H and O–H groups in total. The predicted molar refractivity (Wildman–Crippen MR) is 132 cm³/mol. The number of aromatic nitrogens is 5. The molecule has 0 saturated carbocycles. The molecule has 0 saturated heterocycles. The van der Waals surface area contributed by atoms with Crippen LogP contribution in [0.4, 0.5) is 5.82 Å². The van der Waals surface area contributed by atoms with Crippen molar-refractivity contribution in [2.45, 2.75) is 26.4 Å². The van der Waals surface area contributed by atoms with Gasteiger partial charge in [0.2, 0.25) is 15.8 Å². The molecule has 2 aromatic heterocycles. The second kappa shape index (κ2) is 10.5. The summed E-state index contributed by atoms with van der Waals surface area (Å²) in [5.41, 5.74) is 4.96. The number of tetrazole rings is 1. The van der Waals surface area contributed by atoms with E-state index in [1.807, 2.05) is 36.4 Å². The molecule has 176 valence electrons. The zero-order chi connectivity index (χ0) is 24.0. The Kier molecular flexibility index (Phi) is 7.29. The highest BCUT2D eigenvalue weighted by molar-refractivity contribution is 7.88. The fourth-order valence-corrected chi connectivity index (χ4v) is 4.23. The van der Waals surface area contributed by atoms with Gasteiger partial charge in [0, 0.05) is 37.0 Å². The number of hydrogen-bond acceptors (Lipinski definition) is 7. The van der Waals surface area contributed by atoms with E-state index in [-0.39, 0.29) is 6.54 Å². The minimum absolute atomic E-state index is 0.202. The number of pyridine rings is 1. The molecule has 0 aliphatic carbocycles. The van der Waals surface area contributed by atoms with Crippen LogP contribution in [0.3, 0.4) is 0 Å². The summed E-state index contributed by atoms with van der Waals surface area (Å²) in [6.07, 6.45) is 3.83. The molecule has 10 heteroatoms. The molecule has 0 spiro atoms. The maximum absolute atomic E-state index is 11.6. The third kappa shape index (κ3) is 5.83. The Hall–Kier alpha value is -3.63. The smallest absolute Gasteiger partial charge is 0.209 e. The van der Waals surface area contributed by atoms with Crippen molar-refractivity contribution in [3.05, 3.63) is 78.0 Å². The van der Waals surface area contributed by atoms with Crippen molar-refractivity contribution < 1.29 is 8.42 Å². The van der Waals surface area contributed by atoms with Gasteiger partial charge in [-0.25, -0.2) is 18.1 Å². The number of sulfonamides is 1. The number of rotatable bonds is 10. The first-order chi connectivity index (χ1) is 16.4. The van der Waals surface area contributed by atoms with Gasteiger partial charge in [-0.3, -0.25) is 0 Å². The number of anilines is 1. The van der Waals surface area contributed by atoms with E-state index in [0.717, 1.165) is 52.9 Å². The summed E-state index contributed by atoms with van der Waals surface area (Å²) in [5, 5.41) is 14.4. The largest absolute Gasteiger partial charge is 0.352 e. The van der Waals surface area contributed by atoms with Crippen molar-refractivity contribution >= 4 is 15.8 Å². The lowest BCUT2D eigenvalue weighted by Gasteiger charge is -2.26. The second-order valence-corrected chi connectivity index (χ2v) is 9.81. The van der Waals surface area contributed by atoms with Crippen LogP contribution in [-0.2, 0) is 23.1 Å². The third-order valence-corrected chi connectivity index (χ3v) is 6.01. The van der Waals surface area contributed by atoms with Crippen LogP contribution >= 0.6 is 0 Å². The van der Waals surface area contributed by atoms with Gasteiger partial charge in [0.1, 0.15) is 5.82 Å². The van der Waals surface area contributed by atoms with Crippen LogP contribution in [-0.4, -0.2) is 46.8 Å². The van der Waals surface area contributed by atoms with Crippen molar-refractivity contribution in [2.24, 2.45) is 0 Å². The Morgan fingerprint density at radius 3 is 2.44 bits per heavy atom. The van der Waals surface area contributed by atoms with Gasteiger partial charge >= 0.3 is 0 Å². The zero-order valence-corrected chi connectivity index (χ0v) is 20.0. The van der Waals surface area contributed by atoms with Crippen LogP contribution < -0.4 is 9.62 Å². The molecule has 0 bridgehead atoms. The maximum Gasteiger partial charge on any atom is 0.209 e. The van der Waals surface area contributed by atoms with Crippen molar-refractivity contribution in [1.82, 2.24) is 30.3 Å². The van der Waals surface area contributed by atoms with Crippen molar-refractivity contribution in [1.29, 1.82) is 0 Å². The fraction of sp³-hybridized carbons (Fsp3) is 0.250. The Morgan fingerprint density at radius 1 is 1.00 bits per heavy atom. The van der Waals surface area contributed by atoms with E-state index in [1.54, 1.807) is 6.20 Å². The van der Waals surface area contributed by atoms with E-state index in [0.29, 0.717) is 12.4 Å². The molecule has 0 aliphatic heterocycles. The molecular formula is C24H27N7O2S. The second-order valence-electron chi connectivity index (χ2n) is 7.98. The summed E-state index contributed by atoms with van der Waals surface area (Å²) < 4.78 is 25.8. The first-order valence-corrected chi connectivity index (χ1v) is 12.9. The SMILES string of the molecule is CCCN(Cc1ccc(-c2ccccc2-c2nn[nH]n2)cc1)c1ncccc1CNS(C)(=O)=O. The lowest BCUT2D eigenvalue weighted by Crippen LogP contribution is -2.28. The quantitative estimate of drug-likeness (QED) is 0.359. The third-order valence-electron chi connectivity index (χ3n) is 5.34. The standard InChI is InChI=1S/C24H27N7O2S/c1-3-15-31(24-20(7-6-14-25-24)16-26-34(2,32)33)17-18-10-12-19(13-11-18)21-8-4-5-9-22(21)23-27-29-30-28-23/h4-14,26H,3,15-17H2,1-2H3,(H,27,28,29,30). The number of aromatic amines is 1. The van der Waals surface area contributed by atoms with Gasteiger partial charge in [0.05, 0.1) is 6.26 Å². The highest BCUT2D eigenvalue weighted by atomic mass is 32.2. The number of benzene rings is 2. The summed E-state index contributed by atoms with van der Waals surface area (Å²) in [4.78, 5) is 6.75. The molecule has 9 nitrogen and oxygen atoms in total. The van der Waals surface area contributed by atoms with Crippen LogP contribution in [0.1, 0.15) is 24.5 Å². The van der Waals surface area contributed by atoms with E-state index < -0.39 is 10.0 Å². The highest BCUT2D eigenvalue weighted by Gasteiger charge is 2.15. The Bertz CT molecular complexity index is 1320. The maximum atomic E-state index is 11.6. The van der Waals surface area contributed by atoms with E-state index >= 15 is 0 Å². The number of nitrogens with one attached hydrogen (secondary N) is 2. The van der Waals surface area contributed by atoms with Gasteiger partial charge in [-0.1, -0.05) is 61.5 Å². The molecule has 4 aromatic rings. The van der Waals surface area contributed by atoms with Crippen LogP contribution in [0.5, 0.6) is 0 Å².